The molecule has 0 aliphatic carbocycles. The zero-order chi connectivity index (χ0) is 74.7. The van der Waals surface area contributed by atoms with Crippen molar-refractivity contribution in [1.82, 2.24) is 65.5 Å². The Bertz CT molecular complexity index is 5200. The van der Waals surface area contributed by atoms with Crippen molar-refractivity contribution in [3.8, 4) is 0 Å². The minimum absolute atomic E-state index is 0. The molecule has 3 saturated heterocycles. The van der Waals surface area contributed by atoms with E-state index < -0.39 is 41.1 Å². The Balaban J connectivity index is 0.000000258. The first-order valence-corrected chi connectivity index (χ1v) is 36.2. The van der Waals surface area contributed by atoms with E-state index in [4.69, 9.17) is 28.2 Å². The minimum Gasteiger partial charge on any atom is -0.356 e. The van der Waals surface area contributed by atoms with Gasteiger partial charge >= 0.3 is 6.18 Å². The molecule has 0 spiro atoms. The summed E-state index contributed by atoms with van der Waals surface area (Å²) in [5.74, 6) is 3.61. The molecule has 0 saturated carbocycles. The number of aryl methyl sites for hydroxylation is 3. The summed E-state index contributed by atoms with van der Waals surface area (Å²) < 4.78 is 67.3. The van der Waals surface area contributed by atoms with Gasteiger partial charge in [-0.2, -0.15) is 28.5 Å². The van der Waals surface area contributed by atoms with Crippen LogP contribution in [-0.4, -0.2) is 129 Å². The highest BCUT2D eigenvalue weighted by Crippen LogP contribution is 2.37. The van der Waals surface area contributed by atoms with Gasteiger partial charge in [-0.1, -0.05) is 41.4 Å². The van der Waals surface area contributed by atoms with Crippen LogP contribution in [0.4, 0.5) is 91.4 Å². The monoisotopic (exact) mass is 1560 g/mol. The Kier molecular flexibility index (Phi) is 23.1. The highest BCUT2D eigenvalue weighted by atomic mass is 35.5. The van der Waals surface area contributed by atoms with Crippen LogP contribution in [0, 0.1) is 26.6 Å². The predicted octanol–water partition coefficient (Wildman–Crippen LogP) is 18.1. The number of H-pyrrole nitrogens is 3. The van der Waals surface area contributed by atoms with Gasteiger partial charge in [0.1, 0.15) is 41.1 Å². The maximum Gasteiger partial charge on any atom is 0.417 e. The lowest BCUT2D eigenvalue weighted by molar-refractivity contribution is -0.138. The lowest BCUT2D eigenvalue weighted by atomic mass is 10.1. The van der Waals surface area contributed by atoms with E-state index in [1.165, 1.54) is 53.5 Å². The lowest BCUT2D eigenvalue weighted by Gasteiger charge is -2.35. The standard InChI is InChI=1S/2C24H21ClFN7OS.C24H21F3N8OS.7H2/c1-14-12-20(32-31-14)28-19-13-21(33-10-3-11-33)30-24(29-19)35-16-8-6-15(7-9-16)27-23(34)17-4-2-5-18(25)22(17)26;1-14-10-21(32-31-14)28-20-11-22(33-12-15(26)13-33)30-24(29-20)35-17-8-6-16(7-9-17)27-23(34)18-4-2-3-5-19(18)25;1-14-11-20(34-33-14)30-19-12-21(35-9-2-10-35)32-23(31-19)37-16-5-3-15(4-6-16)29-22(36)17-13-28-8-7-18(17)24(25,26)27;;;;;;;/h2,4-9,12-13H,3,10-11H2,1H3,(H,27,34)(H2,28,29,30,31,32);2-11,15H,12-13H2,1H3,(H,27,34)(H2,28,29,30,31,32);3-8,11-13H,2,9-10H2,1H3,(H,29,36)(H2,30,31,32,33,34);7*1H. The number of alkyl halides is 4. The van der Waals surface area contributed by atoms with Crippen LogP contribution in [0.1, 0.15) is 76.5 Å². The van der Waals surface area contributed by atoms with Crippen molar-refractivity contribution in [2.24, 2.45) is 0 Å². The van der Waals surface area contributed by atoms with E-state index >= 15 is 0 Å². The Hall–Kier alpha value is -11.4. The number of amides is 3. The third-order valence-electron chi connectivity index (χ3n) is 16.1. The van der Waals surface area contributed by atoms with Gasteiger partial charge in [0.05, 0.1) is 45.4 Å². The molecule has 15 rings (SSSR count). The molecular weight excluding hydrogens is 1480 g/mol. The van der Waals surface area contributed by atoms with Crippen molar-refractivity contribution >= 4 is 146 Å². The number of halogens is 7. The van der Waals surface area contributed by atoms with Gasteiger partial charge in [-0.15, -0.1) is 0 Å². The van der Waals surface area contributed by atoms with Gasteiger partial charge in [-0.05, 0) is 172 Å². The first-order chi connectivity index (χ1) is 51.6. The van der Waals surface area contributed by atoms with Gasteiger partial charge < -0.3 is 46.6 Å². The summed E-state index contributed by atoms with van der Waals surface area (Å²) in [6.45, 7) is 10.1. The first kappa shape index (κ1) is 73.9. The molecule has 0 bridgehead atoms. The minimum atomic E-state index is -4.66. The third kappa shape index (κ3) is 19.6. The van der Waals surface area contributed by atoms with Gasteiger partial charge in [0.15, 0.2) is 38.7 Å². The molecule has 0 radical (unpaired) electrons. The highest BCUT2D eigenvalue weighted by molar-refractivity contribution is 7.99. The molecule has 0 unspecified atom stereocenters. The van der Waals surface area contributed by atoms with Crippen molar-refractivity contribution < 1.29 is 46.3 Å². The van der Waals surface area contributed by atoms with Crippen molar-refractivity contribution in [3.63, 3.8) is 0 Å². The topological polar surface area (TPSA) is 309 Å². The van der Waals surface area contributed by atoms with Crippen LogP contribution >= 0.6 is 58.5 Å². The SMILES string of the molecule is Cc1cc(Nc2cc(N3CC(F)C3)nc(Sc3ccc(NC(=O)c4ccccc4Cl)cc3)n2)n[nH]1.Cc1cc(Nc2cc(N3CCC3)nc(Sc3ccc(NC(=O)c4cccc(Cl)c4F)cc3)n2)n[nH]1.Cc1cc(Nc2cc(N3CCC3)nc(Sc3ccc(NC(=O)c4cnccc4C(F)(F)F)cc3)n2)n[nH]1.[HH].[HH].[HH].[HH].[HH].[HH].[HH]. The van der Waals surface area contributed by atoms with Crippen LogP contribution in [-0.2, 0) is 6.18 Å². The normalized spacial score (nSPS) is 13.2. The molecule has 0 atom stereocenters. The van der Waals surface area contributed by atoms with E-state index in [2.05, 4.69) is 102 Å². The zero-order valence-corrected chi connectivity index (χ0v) is 60.8. The Morgan fingerprint density at radius 2 is 0.860 bits per heavy atom. The summed E-state index contributed by atoms with van der Waals surface area (Å²) in [7, 11) is 0. The van der Waals surface area contributed by atoms with Crippen molar-refractivity contribution in [1.29, 1.82) is 0 Å². The average molecular weight is 1560 g/mol. The molecule has 12 aromatic rings. The molecule has 5 aromatic carbocycles. The molecule has 25 nitrogen and oxygen atoms in total. The number of pyridine rings is 1. The van der Waals surface area contributed by atoms with Gasteiger partial charge in [-0.25, -0.2) is 38.7 Å². The third-order valence-corrected chi connectivity index (χ3v) is 19.4. The van der Waals surface area contributed by atoms with E-state index in [1.807, 2.05) is 80.3 Å². The van der Waals surface area contributed by atoms with Crippen LogP contribution in [0.5, 0.6) is 0 Å². The van der Waals surface area contributed by atoms with E-state index in [0.717, 1.165) is 101 Å². The molecule has 9 N–H and O–H groups in total. The smallest absolute Gasteiger partial charge is 0.356 e. The number of nitrogens with zero attached hydrogens (tertiary/aromatic N) is 13. The summed E-state index contributed by atoms with van der Waals surface area (Å²) in [4.78, 5) is 77.7. The Labute approximate surface area is 641 Å². The van der Waals surface area contributed by atoms with Crippen molar-refractivity contribution in [3.05, 3.63) is 225 Å². The van der Waals surface area contributed by atoms with Gasteiger partial charge in [0, 0.05) is 134 Å². The molecule has 3 fully saturated rings. The second kappa shape index (κ2) is 33.4. The largest absolute Gasteiger partial charge is 0.417 e. The predicted molar refractivity (Wildman–Crippen MR) is 419 cm³/mol. The van der Waals surface area contributed by atoms with Crippen LogP contribution in [0.15, 0.2) is 200 Å². The number of carbonyl (C=O) groups excluding carboxylic acids is 3. The summed E-state index contributed by atoms with van der Waals surface area (Å²) in [6.07, 6.45) is -1.36. The maximum atomic E-state index is 14.1. The molecule has 107 heavy (non-hydrogen) atoms. The molecule has 7 aromatic heterocycles. The zero-order valence-electron chi connectivity index (χ0n) is 56.8. The number of hydrogen-bond acceptors (Lipinski definition) is 22. The molecule has 35 heteroatoms. The number of hydrogen-bond donors (Lipinski definition) is 9. The van der Waals surface area contributed by atoms with Gasteiger partial charge in [0.25, 0.3) is 17.7 Å². The van der Waals surface area contributed by atoms with E-state index in [9.17, 15) is 36.3 Å². The average Bonchev–Trinajstić information content (AvgIpc) is 1.50. The molecule has 3 aliphatic heterocycles. The fourth-order valence-electron chi connectivity index (χ4n) is 10.5. The first-order valence-electron chi connectivity index (χ1n) is 33.0. The number of nitrogens with one attached hydrogen (secondary N) is 9. The number of rotatable bonds is 21. The number of aromatic amines is 3. The summed E-state index contributed by atoms with van der Waals surface area (Å²) >= 11 is 16.0. The van der Waals surface area contributed by atoms with Crippen molar-refractivity contribution in [2.45, 2.75) is 76.1 Å². The fourth-order valence-corrected chi connectivity index (χ4v) is 13.2. The molecule has 3 amide bonds. The Morgan fingerprint density at radius 1 is 0.477 bits per heavy atom. The van der Waals surface area contributed by atoms with Crippen LogP contribution < -0.4 is 46.6 Å². The fraction of sp³-hybridized carbons (Fsp3) is 0.181. The number of benzene rings is 5. The summed E-state index contributed by atoms with van der Waals surface area (Å²) in [6, 6.07) is 44.4. The number of aromatic nitrogens is 13. The lowest BCUT2D eigenvalue weighted by Crippen LogP contribution is -2.48. The van der Waals surface area contributed by atoms with Crippen LogP contribution in [0.3, 0.4) is 0 Å². The van der Waals surface area contributed by atoms with Crippen molar-refractivity contribution in [2.75, 3.05) is 85.9 Å². The molecule has 560 valence electrons. The second-order valence-corrected chi connectivity index (χ2v) is 28.2. The Morgan fingerprint density at radius 3 is 1.23 bits per heavy atom. The molecular formula is C72H77Cl2F5N22O3S3. The number of anilines is 12. The van der Waals surface area contributed by atoms with E-state index in [0.29, 0.717) is 96.9 Å². The molecule has 3 aliphatic rings. The maximum absolute atomic E-state index is 14.1. The van der Waals surface area contributed by atoms with E-state index in [-0.39, 0.29) is 26.5 Å². The van der Waals surface area contributed by atoms with Gasteiger partial charge in [-0.3, -0.25) is 34.7 Å². The van der Waals surface area contributed by atoms with E-state index in [1.54, 1.807) is 78.9 Å². The quantitative estimate of drug-likeness (QED) is 0.0238. The summed E-state index contributed by atoms with van der Waals surface area (Å²) in [5, 5.41) is 40.8. The second-order valence-electron chi connectivity index (χ2n) is 24.3. The van der Waals surface area contributed by atoms with Crippen LogP contribution in [0.2, 0.25) is 10.0 Å². The number of carbonyl (C=O) groups is 3. The van der Waals surface area contributed by atoms with Gasteiger partial charge in [0.2, 0.25) is 0 Å². The highest BCUT2D eigenvalue weighted by Gasteiger charge is 2.36. The summed E-state index contributed by atoms with van der Waals surface area (Å²) in [5.41, 5.74) is 3.01. The van der Waals surface area contributed by atoms with Crippen LogP contribution in [0.25, 0.3) is 0 Å². The molecule has 10 heterocycles.